The number of halogens is 4. The van der Waals surface area contributed by atoms with Gasteiger partial charge in [0.05, 0.1) is 17.9 Å². The minimum absolute atomic E-state index is 0.0453. The van der Waals surface area contributed by atoms with Crippen LogP contribution in [-0.4, -0.2) is 38.7 Å². The SMILES string of the molecule is CC(C(=O)NCc1ccc(C(F)(F)F)nc1N1CCCCCCC1)c1ccc(NS(C)(=O)=O)c(F)c1. The number of amides is 1. The van der Waals surface area contributed by atoms with Gasteiger partial charge in [-0.15, -0.1) is 0 Å². The predicted octanol–water partition coefficient (Wildman–Crippen LogP) is 4.80. The zero-order chi connectivity index (χ0) is 26.5. The Labute approximate surface area is 208 Å². The molecular formula is C24H30F4N4O3S. The lowest BCUT2D eigenvalue weighted by molar-refractivity contribution is -0.141. The van der Waals surface area contributed by atoms with Gasteiger partial charge in [0.2, 0.25) is 15.9 Å². The van der Waals surface area contributed by atoms with Gasteiger partial charge in [-0.3, -0.25) is 9.52 Å². The molecule has 1 fully saturated rings. The van der Waals surface area contributed by atoms with Crippen molar-refractivity contribution in [3.63, 3.8) is 0 Å². The number of nitrogens with zero attached hydrogens (tertiary/aromatic N) is 2. The molecule has 0 saturated carbocycles. The molecule has 2 N–H and O–H groups in total. The van der Waals surface area contributed by atoms with Crippen molar-refractivity contribution in [2.45, 2.75) is 57.7 Å². The van der Waals surface area contributed by atoms with Crippen molar-refractivity contribution in [3.8, 4) is 0 Å². The maximum Gasteiger partial charge on any atom is 0.433 e. The molecule has 1 saturated heterocycles. The number of hydrogen-bond donors (Lipinski definition) is 2. The summed E-state index contributed by atoms with van der Waals surface area (Å²) < 4.78 is 79.1. The largest absolute Gasteiger partial charge is 0.433 e. The van der Waals surface area contributed by atoms with Gasteiger partial charge in [-0.2, -0.15) is 13.2 Å². The third kappa shape index (κ3) is 7.55. The average Bonchev–Trinajstić information content (AvgIpc) is 2.76. The highest BCUT2D eigenvalue weighted by Gasteiger charge is 2.33. The second-order valence-electron chi connectivity index (χ2n) is 8.98. The standard InChI is InChI=1S/C24H30F4N4O3S/c1-16(17-8-10-20(19(25)14-17)31-36(2,34)35)23(33)29-15-18-9-11-21(24(26,27)28)30-22(18)32-12-6-4-3-5-7-13-32/h8-11,14,16,31H,3-7,12-13,15H2,1-2H3,(H,29,33). The smallest absolute Gasteiger partial charge is 0.356 e. The Morgan fingerprint density at radius 2 is 1.72 bits per heavy atom. The normalized spacial score (nSPS) is 16.1. The van der Waals surface area contributed by atoms with E-state index in [0.717, 1.165) is 50.5 Å². The molecule has 2 heterocycles. The van der Waals surface area contributed by atoms with Crippen LogP contribution in [0.25, 0.3) is 0 Å². The minimum Gasteiger partial charge on any atom is -0.356 e. The lowest BCUT2D eigenvalue weighted by Gasteiger charge is -2.28. The van der Waals surface area contributed by atoms with Gasteiger partial charge in [0.1, 0.15) is 17.3 Å². The van der Waals surface area contributed by atoms with Crippen molar-refractivity contribution in [1.29, 1.82) is 0 Å². The number of sulfonamides is 1. The summed E-state index contributed by atoms with van der Waals surface area (Å²) in [5.74, 6) is -1.87. The molecule has 1 unspecified atom stereocenters. The maximum absolute atomic E-state index is 14.3. The van der Waals surface area contributed by atoms with Crippen LogP contribution in [0.3, 0.4) is 0 Å². The topological polar surface area (TPSA) is 91.4 Å². The summed E-state index contributed by atoms with van der Waals surface area (Å²) in [6, 6.07) is 5.98. The number of pyridine rings is 1. The van der Waals surface area contributed by atoms with Gasteiger partial charge in [-0.25, -0.2) is 17.8 Å². The number of hydrogen-bond acceptors (Lipinski definition) is 5. The summed E-state index contributed by atoms with van der Waals surface area (Å²) in [6.07, 6.45) is 1.08. The van der Waals surface area contributed by atoms with Gasteiger partial charge in [0, 0.05) is 25.2 Å². The molecule has 198 valence electrons. The first-order valence-electron chi connectivity index (χ1n) is 11.7. The molecule has 1 aliphatic heterocycles. The molecule has 3 rings (SSSR count). The quantitative estimate of drug-likeness (QED) is 0.502. The van der Waals surface area contributed by atoms with Gasteiger partial charge in [-0.05, 0) is 43.5 Å². The summed E-state index contributed by atoms with van der Waals surface area (Å²) in [4.78, 5) is 18.6. The lowest BCUT2D eigenvalue weighted by atomic mass is 9.99. The van der Waals surface area contributed by atoms with E-state index in [1.54, 1.807) is 6.92 Å². The number of carbonyl (C=O) groups is 1. The van der Waals surface area contributed by atoms with Crippen LogP contribution >= 0.6 is 0 Å². The molecule has 36 heavy (non-hydrogen) atoms. The summed E-state index contributed by atoms with van der Waals surface area (Å²) in [5, 5.41) is 2.71. The Morgan fingerprint density at radius 1 is 1.08 bits per heavy atom. The Hall–Kier alpha value is -2.89. The van der Waals surface area contributed by atoms with E-state index in [-0.39, 0.29) is 18.1 Å². The van der Waals surface area contributed by atoms with Gasteiger partial charge in [-0.1, -0.05) is 31.4 Å². The van der Waals surface area contributed by atoms with E-state index in [2.05, 4.69) is 15.0 Å². The zero-order valence-electron chi connectivity index (χ0n) is 20.2. The van der Waals surface area contributed by atoms with Gasteiger partial charge >= 0.3 is 6.18 Å². The third-order valence-corrected chi connectivity index (χ3v) is 6.63. The molecule has 1 amide bonds. The van der Waals surface area contributed by atoms with E-state index in [4.69, 9.17) is 0 Å². The summed E-state index contributed by atoms with van der Waals surface area (Å²) in [6.45, 7) is 2.67. The summed E-state index contributed by atoms with van der Waals surface area (Å²) in [7, 11) is -3.67. The van der Waals surface area contributed by atoms with E-state index >= 15 is 0 Å². The molecule has 0 spiro atoms. The average molecular weight is 531 g/mol. The van der Waals surface area contributed by atoms with E-state index in [1.807, 2.05) is 4.90 Å². The lowest BCUT2D eigenvalue weighted by Crippen LogP contribution is -2.32. The van der Waals surface area contributed by atoms with Crippen molar-refractivity contribution >= 4 is 27.4 Å². The van der Waals surface area contributed by atoms with Crippen LogP contribution in [0.5, 0.6) is 0 Å². The molecule has 1 aliphatic rings. The Morgan fingerprint density at radius 3 is 2.31 bits per heavy atom. The molecule has 0 aliphatic carbocycles. The second kappa shape index (κ2) is 11.4. The number of alkyl halides is 3. The van der Waals surface area contributed by atoms with Crippen molar-refractivity contribution < 1.29 is 30.8 Å². The summed E-state index contributed by atoms with van der Waals surface area (Å²) >= 11 is 0. The predicted molar refractivity (Wildman–Crippen MR) is 130 cm³/mol. The molecule has 1 aromatic carbocycles. The number of anilines is 2. The van der Waals surface area contributed by atoms with Crippen molar-refractivity contribution in [1.82, 2.24) is 10.3 Å². The molecular weight excluding hydrogens is 500 g/mol. The van der Waals surface area contributed by atoms with E-state index in [1.165, 1.54) is 18.2 Å². The Bertz CT molecular complexity index is 1180. The Kier molecular flexibility index (Phi) is 8.80. The number of benzene rings is 1. The molecule has 1 atom stereocenters. The summed E-state index contributed by atoms with van der Waals surface area (Å²) in [5.41, 5.74) is -0.439. The van der Waals surface area contributed by atoms with Gasteiger partial charge in [0.25, 0.3) is 0 Å². The van der Waals surface area contributed by atoms with E-state index in [9.17, 15) is 30.8 Å². The van der Waals surface area contributed by atoms with Crippen molar-refractivity contribution in [2.24, 2.45) is 0 Å². The number of carbonyl (C=O) groups excluding carboxylic acids is 1. The highest BCUT2D eigenvalue weighted by atomic mass is 32.2. The Balaban J connectivity index is 1.77. The fourth-order valence-electron chi connectivity index (χ4n) is 4.08. The fraction of sp³-hybridized carbons (Fsp3) is 0.500. The van der Waals surface area contributed by atoms with Gasteiger partial charge < -0.3 is 10.2 Å². The molecule has 7 nitrogen and oxygen atoms in total. The molecule has 1 aromatic heterocycles. The number of rotatable bonds is 7. The highest BCUT2D eigenvalue weighted by molar-refractivity contribution is 7.92. The molecule has 2 aromatic rings. The number of nitrogens with one attached hydrogen (secondary N) is 2. The van der Waals surface area contributed by atoms with E-state index < -0.39 is 39.5 Å². The van der Waals surface area contributed by atoms with Crippen LogP contribution < -0.4 is 14.9 Å². The zero-order valence-corrected chi connectivity index (χ0v) is 21.0. The van der Waals surface area contributed by atoms with Crippen LogP contribution in [0.15, 0.2) is 30.3 Å². The maximum atomic E-state index is 14.3. The monoisotopic (exact) mass is 530 g/mol. The fourth-order valence-corrected chi connectivity index (χ4v) is 4.64. The molecule has 12 heteroatoms. The van der Waals surface area contributed by atoms with Crippen LogP contribution in [0.4, 0.5) is 29.1 Å². The van der Waals surface area contributed by atoms with Crippen LogP contribution in [0, 0.1) is 5.82 Å². The first-order chi connectivity index (χ1) is 16.8. The van der Waals surface area contributed by atoms with Gasteiger partial charge in [0.15, 0.2) is 0 Å². The minimum atomic E-state index is -4.59. The van der Waals surface area contributed by atoms with Crippen molar-refractivity contribution in [3.05, 3.63) is 53.0 Å². The molecule has 0 radical (unpaired) electrons. The highest BCUT2D eigenvalue weighted by Crippen LogP contribution is 2.31. The van der Waals surface area contributed by atoms with Crippen molar-refractivity contribution in [2.75, 3.05) is 29.0 Å². The van der Waals surface area contributed by atoms with Crippen LogP contribution in [-0.2, 0) is 27.5 Å². The van der Waals surface area contributed by atoms with Crippen LogP contribution in [0.1, 0.15) is 61.8 Å². The third-order valence-electron chi connectivity index (χ3n) is 6.04. The van der Waals surface area contributed by atoms with E-state index in [0.29, 0.717) is 24.2 Å². The molecule has 0 bridgehead atoms. The number of aromatic nitrogens is 1. The second-order valence-corrected chi connectivity index (χ2v) is 10.7. The van der Waals surface area contributed by atoms with Crippen LogP contribution in [0.2, 0.25) is 0 Å². The first-order valence-corrected chi connectivity index (χ1v) is 13.6. The first kappa shape index (κ1) is 27.7.